The molecule has 7 heteroatoms. The summed E-state index contributed by atoms with van der Waals surface area (Å²) in [5.41, 5.74) is 1.17. The van der Waals surface area contributed by atoms with E-state index in [9.17, 15) is 9.59 Å². The third-order valence-corrected chi connectivity index (χ3v) is 5.04. The molecule has 3 amide bonds. The fraction of sp³-hybridized carbons (Fsp3) is 0.450. The first kappa shape index (κ1) is 18.9. The van der Waals surface area contributed by atoms with Gasteiger partial charge in [-0.25, -0.2) is 4.79 Å². The van der Waals surface area contributed by atoms with Gasteiger partial charge in [0.15, 0.2) is 0 Å². The second kappa shape index (κ2) is 8.24. The number of urea groups is 1. The van der Waals surface area contributed by atoms with Gasteiger partial charge in [0.1, 0.15) is 5.54 Å². The van der Waals surface area contributed by atoms with Crippen molar-refractivity contribution in [3.8, 4) is 0 Å². The highest BCUT2D eigenvalue weighted by Gasteiger charge is 2.44. The Morgan fingerprint density at radius 2 is 1.89 bits per heavy atom. The quantitative estimate of drug-likeness (QED) is 0.819. The lowest BCUT2D eigenvalue weighted by atomic mass is 9.95. The summed E-state index contributed by atoms with van der Waals surface area (Å²) in [6, 6.07) is 9.42. The van der Waals surface area contributed by atoms with Crippen molar-refractivity contribution in [2.24, 2.45) is 7.05 Å². The van der Waals surface area contributed by atoms with Crippen LogP contribution in [-0.4, -0.2) is 39.2 Å². The number of carbonyl (C=O) groups is 2. The Morgan fingerprint density at radius 1 is 1.19 bits per heavy atom. The lowest BCUT2D eigenvalue weighted by Crippen LogP contribution is -2.59. The number of carbonyl (C=O) groups excluding carboxylic acids is 2. The van der Waals surface area contributed by atoms with E-state index in [1.165, 1.54) is 0 Å². The number of aryl methyl sites for hydroxylation is 1. The minimum absolute atomic E-state index is 0.0429. The summed E-state index contributed by atoms with van der Waals surface area (Å²) < 4.78 is 1.72. The average molecular weight is 369 g/mol. The molecule has 7 nitrogen and oxygen atoms in total. The van der Waals surface area contributed by atoms with E-state index in [-0.39, 0.29) is 11.9 Å². The highest BCUT2D eigenvalue weighted by molar-refractivity contribution is 5.91. The van der Waals surface area contributed by atoms with Crippen LogP contribution < -0.4 is 10.6 Å². The Morgan fingerprint density at radius 3 is 2.52 bits per heavy atom. The lowest BCUT2D eigenvalue weighted by molar-refractivity contribution is -0.137. The van der Waals surface area contributed by atoms with Gasteiger partial charge in [0, 0.05) is 38.9 Å². The monoisotopic (exact) mass is 369 g/mol. The second-order valence-corrected chi connectivity index (χ2v) is 7.27. The second-order valence-electron chi connectivity index (χ2n) is 7.27. The topological polar surface area (TPSA) is 79.3 Å². The summed E-state index contributed by atoms with van der Waals surface area (Å²) in [5.74, 6) is -0.0429. The zero-order valence-electron chi connectivity index (χ0n) is 15.9. The van der Waals surface area contributed by atoms with Crippen molar-refractivity contribution in [1.82, 2.24) is 25.3 Å². The molecule has 0 saturated heterocycles. The van der Waals surface area contributed by atoms with Crippen LogP contribution in [0, 0.1) is 0 Å². The number of hydrogen-bond donors (Lipinski definition) is 2. The number of nitrogens with one attached hydrogen (secondary N) is 2. The number of amides is 3. The highest BCUT2D eigenvalue weighted by atomic mass is 16.2. The predicted molar refractivity (Wildman–Crippen MR) is 103 cm³/mol. The van der Waals surface area contributed by atoms with Crippen molar-refractivity contribution in [3.05, 3.63) is 53.9 Å². The molecule has 0 spiro atoms. The minimum Gasteiger partial charge on any atom is -0.339 e. The summed E-state index contributed by atoms with van der Waals surface area (Å²) in [7, 11) is 3.63. The first-order chi connectivity index (χ1) is 13.0. The molecule has 2 N–H and O–H groups in total. The van der Waals surface area contributed by atoms with Crippen LogP contribution in [0.4, 0.5) is 4.79 Å². The van der Waals surface area contributed by atoms with E-state index in [4.69, 9.17) is 0 Å². The maximum atomic E-state index is 13.1. The SMILES string of the molecule is CN(Cc1cnn(C)c1)C(=O)C1(NC(=O)NCc2ccccc2)CCCC1. The Balaban J connectivity index is 1.61. The van der Waals surface area contributed by atoms with Crippen LogP contribution in [0.25, 0.3) is 0 Å². The molecule has 1 aromatic heterocycles. The standard InChI is InChI=1S/C20H27N5O2/c1-24(14-17-13-22-25(2)15-17)18(26)20(10-6-7-11-20)23-19(27)21-12-16-8-4-3-5-9-16/h3-5,8-9,13,15H,6-7,10-12,14H2,1-2H3,(H2,21,23,27). The minimum atomic E-state index is -0.822. The van der Waals surface area contributed by atoms with E-state index in [0.717, 1.165) is 24.0 Å². The molecule has 1 aliphatic rings. The molecule has 1 aliphatic carbocycles. The van der Waals surface area contributed by atoms with Crippen LogP contribution in [0.5, 0.6) is 0 Å². The fourth-order valence-corrected chi connectivity index (χ4v) is 3.68. The van der Waals surface area contributed by atoms with Gasteiger partial charge in [0.25, 0.3) is 0 Å². The molecule has 0 bridgehead atoms. The van der Waals surface area contributed by atoms with Crippen molar-refractivity contribution in [2.75, 3.05) is 7.05 Å². The summed E-state index contributed by atoms with van der Waals surface area (Å²) in [6.07, 6.45) is 6.86. The lowest BCUT2D eigenvalue weighted by Gasteiger charge is -2.33. The van der Waals surface area contributed by atoms with Gasteiger partial charge in [0.05, 0.1) is 6.20 Å². The van der Waals surface area contributed by atoms with Crippen LogP contribution >= 0.6 is 0 Å². The molecule has 3 rings (SSSR count). The van der Waals surface area contributed by atoms with E-state index in [0.29, 0.717) is 25.9 Å². The van der Waals surface area contributed by atoms with Crippen LogP contribution in [0.1, 0.15) is 36.8 Å². The predicted octanol–water partition coefficient (Wildman–Crippen LogP) is 2.19. The molecule has 0 atom stereocenters. The fourth-order valence-electron chi connectivity index (χ4n) is 3.68. The average Bonchev–Trinajstić information content (AvgIpc) is 3.30. The van der Waals surface area contributed by atoms with Gasteiger partial charge in [-0.3, -0.25) is 9.48 Å². The molecular weight excluding hydrogens is 342 g/mol. The van der Waals surface area contributed by atoms with Crippen LogP contribution in [0.2, 0.25) is 0 Å². The first-order valence-corrected chi connectivity index (χ1v) is 9.31. The van der Waals surface area contributed by atoms with Crippen molar-refractivity contribution in [1.29, 1.82) is 0 Å². The molecule has 1 saturated carbocycles. The normalized spacial score (nSPS) is 15.3. The largest absolute Gasteiger partial charge is 0.339 e. The molecule has 1 fully saturated rings. The maximum Gasteiger partial charge on any atom is 0.315 e. The van der Waals surface area contributed by atoms with Crippen LogP contribution in [0.15, 0.2) is 42.7 Å². The molecule has 1 aromatic carbocycles. The molecule has 144 valence electrons. The zero-order chi connectivity index (χ0) is 19.3. The van der Waals surface area contributed by atoms with E-state index in [1.54, 1.807) is 22.8 Å². The van der Waals surface area contributed by atoms with Gasteiger partial charge in [-0.1, -0.05) is 43.2 Å². The van der Waals surface area contributed by atoms with Crippen molar-refractivity contribution >= 4 is 11.9 Å². The number of nitrogens with zero attached hydrogens (tertiary/aromatic N) is 3. The molecule has 0 unspecified atom stereocenters. The van der Waals surface area contributed by atoms with Gasteiger partial charge in [-0.15, -0.1) is 0 Å². The van der Waals surface area contributed by atoms with Crippen LogP contribution in [-0.2, 0) is 24.9 Å². The van der Waals surface area contributed by atoms with Gasteiger partial charge in [-0.05, 0) is 18.4 Å². The summed E-state index contributed by atoms with van der Waals surface area (Å²) in [6.45, 7) is 0.907. The zero-order valence-corrected chi connectivity index (χ0v) is 15.9. The third-order valence-electron chi connectivity index (χ3n) is 5.04. The van der Waals surface area contributed by atoms with E-state index in [2.05, 4.69) is 15.7 Å². The number of hydrogen-bond acceptors (Lipinski definition) is 3. The highest BCUT2D eigenvalue weighted by Crippen LogP contribution is 2.31. The van der Waals surface area contributed by atoms with Gasteiger partial charge in [0.2, 0.25) is 5.91 Å². The Labute approximate surface area is 159 Å². The smallest absolute Gasteiger partial charge is 0.315 e. The first-order valence-electron chi connectivity index (χ1n) is 9.31. The van der Waals surface area contributed by atoms with E-state index in [1.807, 2.05) is 43.6 Å². The molecule has 0 radical (unpaired) electrons. The van der Waals surface area contributed by atoms with E-state index >= 15 is 0 Å². The van der Waals surface area contributed by atoms with Gasteiger partial charge >= 0.3 is 6.03 Å². The number of rotatable bonds is 6. The number of benzene rings is 1. The number of likely N-dealkylation sites (N-methyl/N-ethyl adjacent to an activating group) is 1. The summed E-state index contributed by atoms with van der Waals surface area (Å²) >= 11 is 0. The molecule has 27 heavy (non-hydrogen) atoms. The van der Waals surface area contributed by atoms with E-state index < -0.39 is 5.54 Å². The third kappa shape index (κ3) is 4.67. The van der Waals surface area contributed by atoms with Gasteiger partial charge < -0.3 is 15.5 Å². The molecule has 1 heterocycles. The summed E-state index contributed by atoms with van der Waals surface area (Å²) in [4.78, 5) is 27.3. The molecule has 0 aliphatic heterocycles. The van der Waals surface area contributed by atoms with Crippen molar-refractivity contribution < 1.29 is 9.59 Å². The van der Waals surface area contributed by atoms with Gasteiger partial charge in [-0.2, -0.15) is 5.10 Å². The molecular formula is C20H27N5O2. The van der Waals surface area contributed by atoms with Crippen LogP contribution in [0.3, 0.4) is 0 Å². The van der Waals surface area contributed by atoms with Crippen molar-refractivity contribution in [3.63, 3.8) is 0 Å². The molecule has 2 aromatic rings. The Bertz CT molecular complexity index is 781. The van der Waals surface area contributed by atoms with Crippen molar-refractivity contribution in [2.45, 2.75) is 44.3 Å². The Hall–Kier alpha value is -2.83. The maximum absolute atomic E-state index is 13.1. The summed E-state index contributed by atoms with van der Waals surface area (Å²) in [5, 5.41) is 9.98. The Kier molecular flexibility index (Phi) is 5.78. The number of aromatic nitrogens is 2.